The number of carbonyl (C=O) groups is 2. The summed E-state index contributed by atoms with van der Waals surface area (Å²) in [5.41, 5.74) is 2.42. The van der Waals surface area contributed by atoms with Crippen molar-refractivity contribution >= 4 is 11.9 Å². The number of nitrogens with zero attached hydrogens (tertiary/aromatic N) is 1. The molecule has 2 aromatic rings. The summed E-state index contributed by atoms with van der Waals surface area (Å²) in [4.78, 5) is 28.2. The molecule has 0 aliphatic heterocycles. The van der Waals surface area contributed by atoms with Crippen LogP contribution in [0.2, 0.25) is 0 Å². The van der Waals surface area contributed by atoms with Gasteiger partial charge in [-0.1, -0.05) is 26.0 Å². The summed E-state index contributed by atoms with van der Waals surface area (Å²) in [6, 6.07) is 10.5. The van der Waals surface area contributed by atoms with E-state index in [1.807, 2.05) is 46.8 Å². The van der Waals surface area contributed by atoms with E-state index in [2.05, 4.69) is 4.98 Å². The van der Waals surface area contributed by atoms with E-state index < -0.39 is 17.7 Å². The minimum absolute atomic E-state index is 0.197. The largest absolute Gasteiger partial charge is 0.461 e. The quantitative estimate of drug-likeness (QED) is 0.608. The van der Waals surface area contributed by atoms with Crippen LogP contribution < -0.4 is 0 Å². The predicted molar refractivity (Wildman–Crippen MR) is 121 cm³/mol. The first-order valence-corrected chi connectivity index (χ1v) is 10.7. The van der Waals surface area contributed by atoms with Crippen LogP contribution in [0.25, 0.3) is 0 Å². The maximum Gasteiger partial charge on any atom is 0.356 e. The van der Waals surface area contributed by atoms with Crippen molar-refractivity contribution in [3.8, 4) is 0 Å². The normalized spacial score (nSPS) is 11.7. The third kappa shape index (κ3) is 8.89. The smallest absolute Gasteiger partial charge is 0.356 e. The first-order chi connectivity index (χ1) is 14.6. The van der Waals surface area contributed by atoms with Crippen molar-refractivity contribution in [2.24, 2.45) is 0 Å². The third-order valence-electron chi connectivity index (χ3n) is 4.14. The molecule has 0 aliphatic carbocycles. The molecule has 6 nitrogen and oxygen atoms in total. The lowest BCUT2D eigenvalue weighted by atomic mass is 10.00. The zero-order valence-corrected chi connectivity index (χ0v) is 19.7. The molecule has 1 N–H and O–H groups in total. The van der Waals surface area contributed by atoms with Gasteiger partial charge in [0.1, 0.15) is 11.3 Å². The van der Waals surface area contributed by atoms with Gasteiger partial charge in [-0.15, -0.1) is 0 Å². The van der Waals surface area contributed by atoms with Gasteiger partial charge in [-0.05, 0) is 82.9 Å². The van der Waals surface area contributed by atoms with Gasteiger partial charge in [0.15, 0.2) is 0 Å². The summed E-state index contributed by atoms with van der Waals surface area (Å²) < 4.78 is 10.3. The van der Waals surface area contributed by atoms with Crippen molar-refractivity contribution < 1.29 is 24.2 Å². The Morgan fingerprint density at radius 3 is 2.23 bits per heavy atom. The fourth-order valence-corrected chi connectivity index (χ4v) is 2.81. The van der Waals surface area contributed by atoms with Crippen molar-refractivity contribution in [3.05, 3.63) is 64.5 Å². The van der Waals surface area contributed by atoms with Gasteiger partial charge >= 0.3 is 11.9 Å². The zero-order chi connectivity index (χ0) is 23.6. The topological polar surface area (TPSA) is 85.7 Å². The molecule has 1 aromatic heterocycles. The van der Waals surface area contributed by atoms with Gasteiger partial charge in [-0.3, -0.25) is 0 Å². The number of ether oxygens (including phenoxy) is 2. The second kappa shape index (κ2) is 12.2. The molecule has 170 valence electrons. The van der Waals surface area contributed by atoms with Crippen LogP contribution in [-0.2, 0) is 15.9 Å². The fourth-order valence-electron chi connectivity index (χ4n) is 2.81. The molecule has 1 aromatic carbocycles. The van der Waals surface area contributed by atoms with Gasteiger partial charge in [-0.2, -0.15) is 0 Å². The van der Waals surface area contributed by atoms with Crippen LogP contribution in [0.3, 0.4) is 0 Å². The maximum absolute atomic E-state index is 12.1. The molecular formula is C25H35NO5. The molecule has 0 spiro atoms. The van der Waals surface area contributed by atoms with Crippen LogP contribution in [0.1, 0.15) is 91.7 Å². The molecular weight excluding hydrogens is 394 g/mol. The summed E-state index contributed by atoms with van der Waals surface area (Å²) in [6.07, 6.45) is 0.346. The van der Waals surface area contributed by atoms with Gasteiger partial charge in [0.2, 0.25) is 0 Å². The molecule has 0 saturated heterocycles. The number of carbonyl (C=O) groups excluding carboxylic acids is 2. The standard InChI is InChI=1S/C23H29NO5.C2H6/c1-6-28-22(27)19-14-18(13-15(2)24-19)20(25)12-9-16-7-10-17(11-8-16)21(26)29-23(3,4)5;1-2/h7-8,10-11,13-14,20,25H,6,9,12H2,1-5H3;1-2H3. The third-order valence-corrected chi connectivity index (χ3v) is 4.14. The number of rotatable bonds is 7. The molecule has 1 unspecified atom stereocenters. The van der Waals surface area contributed by atoms with Crippen molar-refractivity contribution in [2.45, 2.75) is 73.0 Å². The van der Waals surface area contributed by atoms with E-state index in [9.17, 15) is 14.7 Å². The number of aliphatic hydroxyl groups excluding tert-OH is 1. The van der Waals surface area contributed by atoms with Crippen LogP contribution in [0.4, 0.5) is 0 Å². The van der Waals surface area contributed by atoms with Crippen LogP contribution in [-0.4, -0.2) is 34.2 Å². The van der Waals surface area contributed by atoms with Crippen molar-refractivity contribution in [1.29, 1.82) is 0 Å². The second-order valence-corrected chi connectivity index (χ2v) is 7.90. The minimum atomic E-state index is -0.740. The number of pyridine rings is 1. The average molecular weight is 430 g/mol. The van der Waals surface area contributed by atoms with Crippen LogP contribution >= 0.6 is 0 Å². The molecule has 0 amide bonds. The Bertz CT molecular complexity index is 853. The van der Waals surface area contributed by atoms with Gasteiger partial charge in [-0.25, -0.2) is 14.6 Å². The highest BCUT2D eigenvalue weighted by Gasteiger charge is 2.18. The SMILES string of the molecule is CC.CCOC(=O)c1cc(C(O)CCc2ccc(C(=O)OC(C)(C)C)cc2)cc(C)n1. The predicted octanol–water partition coefficient (Wildman–Crippen LogP) is 5.21. The first kappa shape index (κ1) is 26.3. The Morgan fingerprint density at radius 2 is 1.68 bits per heavy atom. The summed E-state index contributed by atoms with van der Waals surface area (Å²) >= 11 is 0. The van der Waals surface area contributed by atoms with Gasteiger partial charge < -0.3 is 14.6 Å². The number of benzene rings is 1. The Kier molecular flexibility index (Phi) is 10.4. The number of esters is 2. The molecule has 0 aliphatic rings. The molecule has 1 heterocycles. The Hall–Kier alpha value is -2.73. The van der Waals surface area contributed by atoms with E-state index in [-0.39, 0.29) is 18.3 Å². The molecule has 1 atom stereocenters. The second-order valence-electron chi connectivity index (χ2n) is 7.90. The molecule has 2 rings (SSSR count). The highest BCUT2D eigenvalue weighted by Crippen LogP contribution is 2.21. The van der Waals surface area contributed by atoms with Gasteiger partial charge in [0.05, 0.1) is 18.3 Å². The maximum atomic E-state index is 12.1. The average Bonchev–Trinajstić information content (AvgIpc) is 2.72. The minimum Gasteiger partial charge on any atom is -0.461 e. The number of hydrogen-bond acceptors (Lipinski definition) is 6. The lowest BCUT2D eigenvalue weighted by Crippen LogP contribution is -2.23. The van der Waals surface area contributed by atoms with Crippen LogP contribution in [0.5, 0.6) is 0 Å². The molecule has 6 heteroatoms. The molecule has 0 radical (unpaired) electrons. The molecule has 0 bridgehead atoms. The van der Waals surface area contributed by atoms with Crippen LogP contribution in [0.15, 0.2) is 36.4 Å². The monoisotopic (exact) mass is 429 g/mol. The molecule has 0 saturated carbocycles. The zero-order valence-electron chi connectivity index (χ0n) is 19.7. The van der Waals surface area contributed by atoms with E-state index in [1.54, 1.807) is 38.1 Å². The van der Waals surface area contributed by atoms with E-state index >= 15 is 0 Å². The van der Waals surface area contributed by atoms with E-state index in [4.69, 9.17) is 9.47 Å². The summed E-state index contributed by atoms with van der Waals surface area (Å²) in [5.74, 6) is -0.856. The number of aryl methyl sites for hydroxylation is 2. The van der Waals surface area contributed by atoms with Crippen molar-refractivity contribution in [1.82, 2.24) is 4.98 Å². The van der Waals surface area contributed by atoms with Crippen molar-refractivity contribution in [2.75, 3.05) is 6.61 Å². The lowest BCUT2D eigenvalue weighted by Gasteiger charge is -2.19. The summed E-state index contributed by atoms with van der Waals surface area (Å²) in [5, 5.41) is 10.6. The number of aliphatic hydroxyl groups is 1. The summed E-state index contributed by atoms with van der Waals surface area (Å²) in [7, 11) is 0. The van der Waals surface area contributed by atoms with Gasteiger partial charge in [0.25, 0.3) is 0 Å². The number of aromatic nitrogens is 1. The van der Waals surface area contributed by atoms with Crippen molar-refractivity contribution in [3.63, 3.8) is 0 Å². The van der Waals surface area contributed by atoms with Crippen LogP contribution in [0, 0.1) is 6.92 Å². The van der Waals surface area contributed by atoms with E-state index in [1.165, 1.54) is 0 Å². The van der Waals surface area contributed by atoms with E-state index in [0.29, 0.717) is 29.7 Å². The highest BCUT2D eigenvalue weighted by molar-refractivity contribution is 5.89. The first-order valence-electron chi connectivity index (χ1n) is 10.7. The summed E-state index contributed by atoms with van der Waals surface area (Å²) in [6.45, 7) is 13.3. The lowest BCUT2D eigenvalue weighted by molar-refractivity contribution is 0.00692. The molecule has 0 fully saturated rings. The highest BCUT2D eigenvalue weighted by atomic mass is 16.6. The Morgan fingerprint density at radius 1 is 1.06 bits per heavy atom. The number of hydrogen-bond donors (Lipinski definition) is 1. The fraction of sp³-hybridized carbons (Fsp3) is 0.480. The molecule has 31 heavy (non-hydrogen) atoms. The Balaban J connectivity index is 0.00000233. The van der Waals surface area contributed by atoms with Gasteiger partial charge in [0, 0.05) is 5.69 Å². The Labute approximate surface area is 185 Å². The van der Waals surface area contributed by atoms with E-state index in [0.717, 1.165) is 5.56 Å².